The second-order valence-corrected chi connectivity index (χ2v) is 2.54. The first-order valence-electron chi connectivity index (χ1n) is 2.99. The van der Waals surface area contributed by atoms with Crippen LogP contribution in [0.15, 0.2) is 30.3 Å². The van der Waals surface area contributed by atoms with Gasteiger partial charge in [0.2, 0.25) is 0 Å². The SMILES string of the molecule is CO.CO.Ic1ccccc1. The van der Waals surface area contributed by atoms with Crippen LogP contribution in [0, 0.1) is 3.57 Å². The summed E-state index contributed by atoms with van der Waals surface area (Å²) in [6.45, 7) is 0. The Morgan fingerprint density at radius 1 is 0.909 bits per heavy atom. The maximum atomic E-state index is 7.00. The molecule has 1 rings (SSSR count). The summed E-state index contributed by atoms with van der Waals surface area (Å²) in [5.41, 5.74) is 0. The molecule has 0 radical (unpaired) electrons. The summed E-state index contributed by atoms with van der Waals surface area (Å²) in [5, 5.41) is 14.0. The Balaban J connectivity index is 0. The molecule has 0 aliphatic heterocycles. The van der Waals surface area contributed by atoms with Gasteiger partial charge in [0.1, 0.15) is 0 Å². The molecule has 0 unspecified atom stereocenters. The van der Waals surface area contributed by atoms with Crippen LogP contribution in [0.3, 0.4) is 0 Å². The molecule has 0 heterocycles. The minimum Gasteiger partial charge on any atom is -0.400 e. The fraction of sp³-hybridized carbons (Fsp3) is 0.250. The summed E-state index contributed by atoms with van der Waals surface area (Å²) in [6.07, 6.45) is 0. The number of aliphatic hydroxyl groups is 2. The van der Waals surface area contributed by atoms with E-state index >= 15 is 0 Å². The van der Waals surface area contributed by atoms with Crippen molar-refractivity contribution >= 4 is 22.6 Å². The summed E-state index contributed by atoms with van der Waals surface area (Å²) in [6, 6.07) is 10.2. The second-order valence-electron chi connectivity index (χ2n) is 1.30. The zero-order chi connectivity index (χ0) is 9.11. The summed E-state index contributed by atoms with van der Waals surface area (Å²) < 4.78 is 1.29. The quantitative estimate of drug-likeness (QED) is 0.700. The third-order valence-corrected chi connectivity index (χ3v) is 1.45. The highest BCUT2D eigenvalue weighted by atomic mass is 127. The van der Waals surface area contributed by atoms with Crippen LogP contribution in [0.2, 0.25) is 0 Å². The Bertz CT molecular complexity index is 142. The number of halogens is 1. The molecule has 3 heteroatoms. The molecule has 0 aromatic heterocycles. The van der Waals surface area contributed by atoms with Crippen molar-refractivity contribution in [2.45, 2.75) is 0 Å². The molecule has 0 aliphatic rings. The van der Waals surface area contributed by atoms with Gasteiger partial charge in [-0.05, 0) is 34.7 Å². The minimum absolute atomic E-state index is 1.00. The first-order chi connectivity index (χ1) is 5.39. The van der Waals surface area contributed by atoms with E-state index in [1.165, 1.54) is 3.57 Å². The summed E-state index contributed by atoms with van der Waals surface area (Å²) in [4.78, 5) is 0. The predicted octanol–water partition coefficient (Wildman–Crippen LogP) is 1.51. The number of hydrogen-bond donors (Lipinski definition) is 2. The summed E-state index contributed by atoms with van der Waals surface area (Å²) in [5.74, 6) is 0. The van der Waals surface area contributed by atoms with Gasteiger partial charge in [-0.15, -0.1) is 0 Å². The molecule has 1 aromatic carbocycles. The van der Waals surface area contributed by atoms with Crippen LogP contribution in [0.4, 0.5) is 0 Å². The Kier molecular flexibility index (Phi) is 15.3. The third-order valence-electron chi connectivity index (χ3n) is 0.733. The van der Waals surface area contributed by atoms with E-state index in [4.69, 9.17) is 10.2 Å². The van der Waals surface area contributed by atoms with Crippen LogP contribution >= 0.6 is 22.6 Å². The maximum absolute atomic E-state index is 7.00. The first kappa shape index (κ1) is 13.5. The largest absolute Gasteiger partial charge is 0.400 e. The lowest BCUT2D eigenvalue weighted by molar-refractivity contribution is 0.399. The Morgan fingerprint density at radius 3 is 1.45 bits per heavy atom. The minimum atomic E-state index is 1.00. The maximum Gasteiger partial charge on any atom is 0.0319 e. The smallest absolute Gasteiger partial charge is 0.0319 e. The summed E-state index contributed by atoms with van der Waals surface area (Å²) >= 11 is 2.28. The van der Waals surface area contributed by atoms with Crippen LogP contribution in [0.5, 0.6) is 0 Å². The van der Waals surface area contributed by atoms with Gasteiger partial charge in [-0.3, -0.25) is 0 Å². The lowest BCUT2D eigenvalue weighted by atomic mass is 10.4. The van der Waals surface area contributed by atoms with Crippen molar-refractivity contribution in [1.82, 2.24) is 0 Å². The highest BCUT2D eigenvalue weighted by Crippen LogP contribution is 1.99. The Hall–Kier alpha value is -0.130. The monoisotopic (exact) mass is 268 g/mol. The van der Waals surface area contributed by atoms with E-state index in [9.17, 15) is 0 Å². The van der Waals surface area contributed by atoms with Crippen molar-refractivity contribution in [2.75, 3.05) is 14.2 Å². The van der Waals surface area contributed by atoms with Crippen molar-refractivity contribution in [3.63, 3.8) is 0 Å². The highest BCUT2D eigenvalue weighted by molar-refractivity contribution is 14.1. The van der Waals surface area contributed by atoms with Crippen LogP contribution < -0.4 is 0 Å². The van der Waals surface area contributed by atoms with Crippen molar-refractivity contribution in [3.05, 3.63) is 33.9 Å². The number of aliphatic hydroxyl groups excluding tert-OH is 2. The van der Waals surface area contributed by atoms with E-state index in [-0.39, 0.29) is 0 Å². The van der Waals surface area contributed by atoms with Gasteiger partial charge in [0.15, 0.2) is 0 Å². The molecular weight excluding hydrogens is 255 g/mol. The van der Waals surface area contributed by atoms with Gasteiger partial charge in [0.05, 0.1) is 0 Å². The van der Waals surface area contributed by atoms with Crippen molar-refractivity contribution in [3.8, 4) is 0 Å². The molecule has 2 N–H and O–H groups in total. The molecule has 0 saturated carbocycles. The average molecular weight is 268 g/mol. The Morgan fingerprint density at radius 2 is 1.27 bits per heavy atom. The predicted molar refractivity (Wildman–Crippen MR) is 55.4 cm³/mol. The van der Waals surface area contributed by atoms with Gasteiger partial charge >= 0.3 is 0 Å². The van der Waals surface area contributed by atoms with E-state index in [2.05, 4.69) is 34.7 Å². The van der Waals surface area contributed by atoms with E-state index in [1.54, 1.807) is 0 Å². The third kappa shape index (κ3) is 9.87. The molecule has 0 bridgehead atoms. The van der Waals surface area contributed by atoms with E-state index in [0.717, 1.165) is 14.2 Å². The fourth-order valence-corrected chi connectivity index (χ4v) is 0.830. The van der Waals surface area contributed by atoms with Gasteiger partial charge in [0.25, 0.3) is 0 Å². The number of hydrogen-bond acceptors (Lipinski definition) is 2. The van der Waals surface area contributed by atoms with Crippen LogP contribution in [-0.4, -0.2) is 24.4 Å². The van der Waals surface area contributed by atoms with E-state index < -0.39 is 0 Å². The molecule has 1 aromatic rings. The van der Waals surface area contributed by atoms with Gasteiger partial charge in [-0.2, -0.15) is 0 Å². The van der Waals surface area contributed by atoms with Crippen LogP contribution in [-0.2, 0) is 0 Å². The number of rotatable bonds is 0. The van der Waals surface area contributed by atoms with Crippen LogP contribution in [0.1, 0.15) is 0 Å². The van der Waals surface area contributed by atoms with Gasteiger partial charge in [0, 0.05) is 17.8 Å². The van der Waals surface area contributed by atoms with E-state index in [1.807, 2.05) is 18.2 Å². The van der Waals surface area contributed by atoms with Gasteiger partial charge < -0.3 is 10.2 Å². The Labute approximate surface area is 81.0 Å². The van der Waals surface area contributed by atoms with Gasteiger partial charge in [-0.25, -0.2) is 0 Å². The zero-order valence-corrected chi connectivity index (χ0v) is 8.82. The molecule has 11 heavy (non-hydrogen) atoms. The fourth-order valence-electron chi connectivity index (χ4n) is 0.415. The average Bonchev–Trinajstić information content (AvgIpc) is 2.13. The van der Waals surface area contributed by atoms with E-state index in [0.29, 0.717) is 0 Å². The molecule has 0 fully saturated rings. The number of benzene rings is 1. The molecule has 0 saturated heterocycles. The second kappa shape index (κ2) is 12.5. The lowest BCUT2D eigenvalue weighted by Gasteiger charge is -1.80. The molecular formula is C8H13IO2. The highest BCUT2D eigenvalue weighted by Gasteiger charge is 1.74. The van der Waals surface area contributed by atoms with Crippen molar-refractivity contribution in [2.24, 2.45) is 0 Å². The summed E-state index contributed by atoms with van der Waals surface area (Å²) in [7, 11) is 2.00. The molecule has 64 valence electrons. The van der Waals surface area contributed by atoms with Crippen molar-refractivity contribution in [1.29, 1.82) is 0 Å². The lowest BCUT2D eigenvalue weighted by Crippen LogP contribution is -1.61. The molecule has 0 amide bonds. The molecule has 2 nitrogen and oxygen atoms in total. The zero-order valence-electron chi connectivity index (χ0n) is 6.66. The molecule has 0 aliphatic carbocycles. The van der Waals surface area contributed by atoms with Crippen molar-refractivity contribution < 1.29 is 10.2 Å². The molecule has 0 atom stereocenters. The molecule has 0 spiro atoms. The van der Waals surface area contributed by atoms with Gasteiger partial charge in [-0.1, -0.05) is 18.2 Å². The first-order valence-corrected chi connectivity index (χ1v) is 4.07. The van der Waals surface area contributed by atoms with Crippen LogP contribution in [0.25, 0.3) is 0 Å². The standard InChI is InChI=1S/C6H5I.2CH4O/c7-6-4-2-1-3-5-6;2*1-2/h1-5H;2*2H,1H3. The topological polar surface area (TPSA) is 40.5 Å². The normalized spacial score (nSPS) is 6.64.